The zero-order valence-electron chi connectivity index (χ0n) is 14.5. The molecule has 1 unspecified atom stereocenters. The molecule has 2 aromatic carbocycles. The Hall–Kier alpha value is -1.78. The molecule has 0 bridgehead atoms. The van der Waals surface area contributed by atoms with Crippen LogP contribution in [0.1, 0.15) is 38.0 Å². The van der Waals surface area contributed by atoms with Crippen LogP contribution in [0.4, 0.5) is 0 Å². The third kappa shape index (κ3) is 5.69. The van der Waals surface area contributed by atoms with E-state index < -0.39 is 6.10 Å². The number of carbonyl (C=O) groups is 1. The minimum atomic E-state index is -0.675. The van der Waals surface area contributed by atoms with E-state index in [9.17, 15) is 9.90 Å². The Bertz CT molecular complexity index is 648. The molecule has 24 heavy (non-hydrogen) atoms. The van der Waals surface area contributed by atoms with Gasteiger partial charge in [0.1, 0.15) is 0 Å². The summed E-state index contributed by atoms with van der Waals surface area (Å²) in [4.78, 5) is 13.0. The van der Waals surface area contributed by atoms with Crippen molar-refractivity contribution in [3.63, 3.8) is 0 Å². The maximum atomic E-state index is 11.9. The molecular formula is C20H25NO2S. The highest BCUT2D eigenvalue weighted by atomic mass is 32.2. The van der Waals surface area contributed by atoms with E-state index in [2.05, 4.69) is 50.4 Å². The molecule has 2 aromatic rings. The molecule has 0 aromatic heterocycles. The highest BCUT2D eigenvalue weighted by Crippen LogP contribution is 2.25. The van der Waals surface area contributed by atoms with Crippen molar-refractivity contribution in [1.29, 1.82) is 0 Å². The van der Waals surface area contributed by atoms with Gasteiger partial charge >= 0.3 is 0 Å². The molecule has 0 aliphatic rings. The fraction of sp³-hybridized carbons (Fsp3) is 0.350. The maximum absolute atomic E-state index is 11.9. The molecule has 0 fully saturated rings. The lowest BCUT2D eigenvalue weighted by atomic mass is 9.87. The number of hydrogen-bond acceptors (Lipinski definition) is 3. The Labute approximate surface area is 148 Å². The number of rotatable bonds is 6. The first-order valence-corrected chi connectivity index (χ1v) is 9.08. The first-order chi connectivity index (χ1) is 11.4. The van der Waals surface area contributed by atoms with Crippen LogP contribution in [-0.4, -0.2) is 23.3 Å². The summed E-state index contributed by atoms with van der Waals surface area (Å²) in [6.07, 6.45) is -0.675. The number of benzene rings is 2. The van der Waals surface area contributed by atoms with Crippen LogP contribution in [0.15, 0.2) is 59.5 Å². The molecule has 3 nitrogen and oxygen atoms in total. The van der Waals surface area contributed by atoms with E-state index in [-0.39, 0.29) is 17.9 Å². The zero-order valence-corrected chi connectivity index (χ0v) is 15.3. The van der Waals surface area contributed by atoms with Crippen LogP contribution in [0.3, 0.4) is 0 Å². The molecule has 128 valence electrons. The fourth-order valence-corrected chi connectivity index (χ4v) is 2.98. The second kappa shape index (κ2) is 8.36. The fourth-order valence-electron chi connectivity index (χ4n) is 2.25. The van der Waals surface area contributed by atoms with E-state index in [0.717, 1.165) is 10.5 Å². The summed E-state index contributed by atoms with van der Waals surface area (Å²) < 4.78 is 0. The molecule has 2 rings (SSSR count). The van der Waals surface area contributed by atoms with E-state index in [4.69, 9.17) is 0 Å². The molecule has 2 N–H and O–H groups in total. The van der Waals surface area contributed by atoms with Crippen molar-refractivity contribution in [3.05, 3.63) is 65.7 Å². The largest absolute Gasteiger partial charge is 0.387 e. The zero-order chi connectivity index (χ0) is 17.6. The van der Waals surface area contributed by atoms with Crippen LogP contribution in [0, 0.1) is 0 Å². The highest BCUT2D eigenvalue weighted by molar-refractivity contribution is 8.00. The predicted octanol–water partition coefficient (Wildman–Crippen LogP) is 3.93. The van der Waals surface area contributed by atoms with Crippen LogP contribution < -0.4 is 5.32 Å². The summed E-state index contributed by atoms with van der Waals surface area (Å²) in [5, 5.41) is 12.8. The van der Waals surface area contributed by atoms with Crippen molar-refractivity contribution in [3.8, 4) is 0 Å². The van der Waals surface area contributed by atoms with Crippen LogP contribution in [0.25, 0.3) is 0 Å². The Morgan fingerprint density at radius 3 is 2.29 bits per heavy atom. The van der Waals surface area contributed by atoms with E-state index >= 15 is 0 Å². The summed E-state index contributed by atoms with van der Waals surface area (Å²) in [5.41, 5.74) is 2.22. The molecule has 0 aliphatic heterocycles. The Kier molecular flexibility index (Phi) is 6.46. The lowest BCUT2D eigenvalue weighted by Crippen LogP contribution is -2.29. The smallest absolute Gasteiger partial charge is 0.230 e. The van der Waals surface area contributed by atoms with Gasteiger partial charge in [0.25, 0.3) is 0 Å². The molecule has 1 atom stereocenters. The molecule has 0 saturated carbocycles. The van der Waals surface area contributed by atoms with Crippen LogP contribution in [0.2, 0.25) is 0 Å². The number of carbonyl (C=O) groups excluding carboxylic acids is 1. The van der Waals surface area contributed by atoms with Gasteiger partial charge < -0.3 is 10.4 Å². The number of aliphatic hydroxyl groups excluding tert-OH is 1. The van der Waals surface area contributed by atoms with Gasteiger partial charge in [0, 0.05) is 11.4 Å². The molecular weight excluding hydrogens is 318 g/mol. The molecule has 0 heterocycles. The average molecular weight is 343 g/mol. The summed E-state index contributed by atoms with van der Waals surface area (Å²) in [6.45, 7) is 6.77. The van der Waals surface area contributed by atoms with Crippen molar-refractivity contribution in [1.82, 2.24) is 5.32 Å². The van der Waals surface area contributed by atoms with Crippen molar-refractivity contribution in [2.24, 2.45) is 0 Å². The molecule has 0 spiro atoms. The standard InChI is InChI=1S/C20H25NO2S/c1-20(2,3)16-9-11-17(12-10-16)24-14-19(23)21-13-18(22)15-7-5-4-6-8-15/h4-12,18,22H,13-14H2,1-3H3,(H,21,23). The lowest BCUT2D eigenvalue weighted by molar-refractivity contribution is -0.119. The number of hydrogen-bond donors (Lipinski definition) is 2. The molecule has 4 heteroatoms. The van der Waals surface area contributed by atoms with E-state index in [1.807, 2.05) is 30.3 Å². The maximum Gasteiger partial charge on any atom is 0.230 e. The summed E-state index contributed by atoms with van der Waals surface area (Å²) >= 11 is 1.50. The quantitative estimate of drug-likeness (QED) is 0.782. The molecule has 0 radical (unpaired) electrons. The molecule has 0 saturated heterocycles. The number of thioether (sulfide) groups is 1. The summed E-state index contributed by atoms with van der Waals surface area (Å²) in [7, 11) is 0. The first-order valence-electron chi connectivity index (χ1n) is 8.09. The number of nitrogens with one attached hydrogen (secondary N) is 1. The van der Waals surface area contributed by atoms with Gasteiger partial charge in [0.2, 0.25) is 5.91 Å². The molecule has 0 aliphatic carbocycles. The van der Waals surface area contributed by atoms with Crippen molar-refractivity contribution < 1.29 is 9.90 Å². The van der Waals surface area contributed by atoms with Gasteiger partial charge in [0.05, 0.1) is 11.9 Å². The predicted molar refractivity (Wildman–Crippen MR) is 100 cm³/mol. The van der Waals surface area contributed by atoms with Gasteiger partial charge in [-0.15, -0.1) is 11.8 Å². The van der Waals surface area contributed by atoms with Crippen LogP contribution in [-0.2, 0) is 10.2 Å². The van der Waals surface area contributed by atoms with Crippen molar-refractivity contribution in [2.45, 2.75) is 37.2 Å². The van der Waals surface area contributed by atoms with Crippen molar-refractivity contribution in [2.75, 3.05) is 12.3 Å². The van der Waals surface area contributed by atoms with Gasteiger partial charge in [0.15, 0.2) is 0 Å². The number of aliphatic hydroxyl groups is 1. The minimum Gasteiger partial charge on any atom is -0.387 e. The Morgan fingerprint density at radius 1 is 1.08 bits per heavy atom. The van der Waals surface area contributed by atoms with Gasteiger partial charge in [-0.2, -0.15) is 0 Å². The third-order valence-corrected chi connectivity index (χ3v) is 4.78. The number of amides is 1. The Morgan fingerprint density at radius 2 is 1.71 bits per heavy atom. The van der Waals surface area contributed by atoms with Gasteiger partial charge in [-0.05, 0) is 28.7 Å². The Balaban J connectivity index is 1.77. The van der Waals surface area contributed by atoms with Gasteiger partial charge in [-0.3, -0.25) is 4.79 Å². The van der Waals surface area contributed by atoms with Gasteiger partial charge in [-0.1, -0.05) is 63.2 Å². The van der Waals surface area contributed by atoms with Crippen LogP contribution >= 0.6 is 11.8 Å². The lowest BCUT2D eigenvalue weighted by Gasteiger charge is -2.19. The first kappa shape index (κ1) is 18.6. The van der Waals surface area contributed by atoms with Gasteiger partial charge in [-0.25, -0.2) is 0 Å². The second-order valence-electron chi connectivity index (χ2n) is 6.79. The van der Waals surface area contributed by atoms with Crippen LogP contribution in [0.5, 0.6) is 0 Å². The monoisotopic (exact) mass is 343 g/mol. The highest BCUT2D eigenvalue weighted by Gasteiger charge is 2.13. The topological polar surface area (TPSA) is 49.3 Å². The minimum absolute atomic E-state index is 0.0742. The second-order valence-corrected chi connectivity index (χ2v) is 7.84. The van der Waals surface area contributed by atoms with E-state index in [1.165, 1.54) is 17.3 Å². The van der Waals surface area contributed by atoms with E-state index in [1.54, 1.807) is 0 Å². The SMILES string of the molecule is CC(C)(C)c1ccc(SCC(=O)NCC(O)c2ccccc2)cc1. The summed E-state index contributed by atoms with van der Waals surface area (Å²) in [6, 6.07) is 17.7. The average Bonchev–Trinajstić information content (AvgIpc) is 2.58. The summed E-state index contributed by atoms with van der Waals surface area (Å²) in [5.74, 6) is 0.269. The molecule has 1 amide bonds. The van der Waals surface area contributed by atoms with E-state index in [0.29, 0.717) is 5.75 Å². The normalized spacial score (nSPS) is 12.7. The third-order valence-electron chi connectivity index (χ3n) is 3.77. The van der Waals surface area contributed by atoms with Crippen molar-refractivity contribution >= 4 is 17.7 Å².